The molecule has 0 aliphatic carbocycles. The van der Waals surface area contributed by atoms with E-state index >= 15 is 0 Å². The molecule has 2 aromatic carbocycles. The quantitative estimate of drug-likeness (QED) is 0.128. The van der Waals surface area contributed by atoms with Crippen molar-refractivity contribution < 1.29 is 41.4 Å². The Morgan fingerprint density at radius 1 is 0.980 bits per heavy atom. The van der Waals surface area contributed by atoms with Crippen molar-refractivity contribution in [3.05, 3.63) is 101 Å². The van der Waals surface area contributed by atoms with Gasteiger partial charge in [-0.25, -0.2) is 17.2 Å². The third-order valence-electron chi connectivity index (χ3n) is 7.50. The molecule has 1 heterocycles. The Bertz CT molecular complexity index is 1690. The molecule has 15 heteroatoms. The van der Waals surface area contributed by atoms with Gasteiger partial charge in [-0.2, -0.15) is 5.26 Å². The summed E-state index contributed by atoms with van der Waals surface area (Å²) in [5.74, 6) is -5.56. The van der Waals surface area contributed by atoms with Gasteiger partial charge >= 0.3 is 0 Å². The molecule has 0 aliphatic rings. The molecule has 268 valence electrons. The van der Waals surface area contributed by atoms with Crippen LogP contribution in [0.25, 0.3) is 0 Å². The number of pyridine rings is 1. The number of aliphatic hydroxyl groups is 1. The number of nitriles is 1. The van der Waals surface area contributed by atoms with E-state index in [0.29, 0.717) is 18.9 Å². The first-order valence-corrected chi connectivity index (χ1v) is 17.9. The van der Waals surface area contributed by atoms with Gasteiger partial charge in [-0.05, 0) is 54.7 Å². The molecule has 50 heavy (non-hydrogen) atoms. The number of carbonyl (C=O) groups excluding carboxylic acids is 3. The van der Waals surface area contributed by atoms with Gasteiger partial charge in [-0.1, -0.05) is 43.7 Å². The minimum absolute atomic E-state index is 0.00807. The minimum Gasteiger partial charge on any atom is -0.388 e. The number of halogens is 2. The summed E-state index contributed by atoms with van der Waals surface area (Å²) in [6.45, 7) is 1.71. The Labute approximate surface area is 290 Å². The van der Waals surface area contributed by atoms with Crippen molar-refractivity contribution in [2.24, 2.45) is 0 Å². The Morgan fingerprint density at radius 3 is 2.34 bits per heavy atom. The van der Waals surface area contributed by atoms with Crippen molar-refractivity contribution in [3.8, 4) is 6.07 Å². The van der Waals surface area contributed by atoms with Crippen LogP contribution in [-0.2, 0) is 37.1 Å². The van der Waals surface area contributed by atoms with Crippen LogP contribution in [0, 0.1) is 23.0 Å². The molecule has 0 bridgehead atoms. The van der Waals surface area contributed by atoms with Gasteiger partial charge in [-0.3, -0.25) is 19.4 Å². The number of carbonyl (C=O) groups is 3. The highest BCUT2D eigenvalue weighted by atomic mass is 32.2. The Kier molecular flexibility index (Phi) is 15.9. The van der Waals surface area contributed by atoms with Crippen LogP contribution in [0.15, 0.2) is 73.1 Å². The summed E-state index contributed by atoms with van der Waals surface area (Å²) >= 11 is 0. The monoisotopic (exact) mass is 713 g/mol. The predicted molar refractivity (Wildman–Crippen MR) is 180 cm³/mol. The molecule has 3 amide bonds. The van der Waals surface area contributed by atoms with E-state index in [1.165, 1.54) is 24.5 Å². The maximum absolute atomic E-state index is 14.2. The second-order valence-corrected chi connectivity index (χ2v) is 13.8. The van der Waals surface area contributed by atoms with Gasteiger partial charge < -0.3 is 25.8 Å². The van der Waals surface area contributed by atoms with Crippen LogP contribution in [0.4, 0.5) is 8.78 Å². The van der Waals surface area contributed by atoms with Gasteiger partial charge in [0.25, 0.3) is 11.8 Å². The Balaban J connectivity index is 1.97. The van der Waals surface area contributed by atoms with Crippen LogP contribution in [0.1, 0.15) is 54.1 Å². The first-order valence-electron chi connectivity index (χ1n) is 16.1. The topological polar surface area (TPSA) is 188 Å². The third kappa shape index (κ3) is 13.3. The zero-order chi connectivity index (χ0) is 36.5. The highest BCUT2D eigenvalue weighted by molar-refractivity contribution is 7.91. The van der Waals surface area contributed by atoms with E-state index in [0.717, 1.165) is 17.7 Å². The van der Waals surface area contributed by atoms with Gasteiger partial charge in [0.2, 0.25) is 5.91 Å². The molecule has 4 N–H and O–H groups in total. The number of benzene rings is 2. The van der Waals surface area contributed by atoms with E-state index in [1.54, 1.807) is 37.3 Å². The largest absolute Gasteiger partial charge is 0.388 e. The van der Waals surface area contributed by atoms with Crippen molar-refractivity contribution in [1.29, 1.82) is 5.26 Å². The second-order valence-electron chi connectivity index (χ2n) is 11.6. The molecule has 12 nitrogen and oxygen atoms in total. The summed E-state index contributed by atoms with van der Waals surface area (Å²) in [6.07, 6.45) is -0.154. The summed E-state index contributed by atoms with van der Waals surface area (Å²) < 4.78 is 60.2. The lowest BCUT2D eigenvalue weighted by molar-refractivity contribution is -0.144. The van der Waals surface area contributed by atoms with Gasteiger partial charge in [0.15, 0.2) is 15.9 Å². The van der Waals surface area contributed by atoms with Crippen molar-refractivity contribution in [2.75, 3.05) is 18.1 Å². The maximum Gasteiger partial charge on any atom is 0.253 e. The smallest absolute Gasteiger partial charge is 0.253 e. The number of ether oxygens (including phenoxy) is 1. The summed E-state index contributed by atoms with van der Waals surface area (Å²) in [5.41, 5.74) is 0.769. The number of hydrogen-bond donors (Lipinski definition) is 4. The average molecular weight is 714 g/mol. The first-order chi connectivity index (χ1) is 23.9. The summed E-state index contributed by atoms with van der Waals surface area (Å²) in [4.78, 5) is 44.2. The van der Waals surface area contributed by atoms with Crippen molar-refractivity contribution in [1.82, 2.24) is 20.9 Å². The van der Waals surface area contributed by atoms with E-state index in [2.05, 4.69) is 20.9 Å². The zero-order valence-electron chi connectivity index (χ0n) is 27.6. The van der Waals surface area contributed by atoms with Gasteiger partial charge in [0, 0.05) is 38.0 Å². The lowest BCUT2D eigenvalue weighted by Gasteiger charge is -2.31. The average Bonchev–Trinajstić information content (AvgIpc) is 3.09. The summed E-state index contributed by atoms with van der Waals surface area (Å²) in [6, 6.07) is 13.1. The molecule has 0 saturated heterocycles. The van der Waals surface area contributed by atoms with Crippen LogP contribution in [-0.4, -0.2) is 78.6 Å². The molecule has 4 unspecified atom stereocenters. The predicted octanol–water partition coefficient (Wildman–Crippen LogP) is 2.77. The fraction of sp³-hybridized carbons (Fsp3) is 0.400. The number of aliphatic hydroxyl groups excluding tert-OH is 1. The van der Waals surface area contributed by atoms with Gasteiger partial charge in [0.05, 0.1) is 29.2 Å². The maximum atomic E-state index is 14.2. The highest BCUT2D eigenvalue weighted by Gasteiger charge is 2.37. The van der Waals surface area contributed by atoms with Crippen molar-refractivity contribution in [2.45, 2.75) is 69.9 Å². The standard InChI is InChI=1S/C35H41F2N5O7S/c1-2-3-16-50(47,48)23-30(42-33(44)26-12-9-14-39-22-26)34(45)41-29(19-25-17-27(36)20-28(37)18-25)31(43)32(49-15-8-7-13-38)35(46)40-21-24-10-5-4-6-11-24/h4-6,9-12,14,17-18,20,22,29-32,43H,2-3,7-8,15-16,19,21,23H2,1H3,(H,40,46)(H,41,45)(H,42,44). The van der Waals surface area contributed by atoms with E-state index in [1.807, 2.05) is 6.07 Å². The molecule has 1 aromatic heterocycles. The molecular weight excluding hydrogens is 672 g/mol. The minimum atomic E-state index is -3.89. The number of rotatable bonds is 20. The number of aromatic nitrogens is 1. The number of nitrogens with zero attached hydrogens (tertiary/aromatic N) is 2. The zero-order valence-corrected chi connectivity index (χ0v) is 28.4. The van der Waals surface area contributed by atoms with E-state index in [9.17, 15) is 36.7 Å². The summed E-state index contributed by atoms with van der Waals surface area (Å²) in [7, 11) is -3.89. The number of nitrogens with one attached hydrogen (secondary N) is 3. The van der Waals surface area contributed by atoms with Crippen LogP contribution in [0.3, 0.4) is 0 Å². The van der Waals surface area contributed by atoms with Crippen LogP contribution < -0.4 is 16.0 Å². The van der Waals surface area contributed by atoms with Crippen LogP contribution >= 0.6 is 0 Å². The normalized spacial score (nSPS) is 13.7. The highest BCUT2D eigenvalue weighted by Crippen LogP contribution is 2.16. The molecule has 0 spiro atoms. The molecule has 0 fully saturated rings. The van der Waals surface area contributed by atoms with Gasteiger partial charge in [0.1, 0.15) is 23.8 Å². The molecule has 3 aromatic rings. The summed E-state index contributed by atoms with van der Waals surface area (Å²) in [5, 5.41) is 28.2. The van der Waals surface area contributed by atoms with E-state index in [4.69, 9.17) is 10.00 Å². The van der Waals surface area contributed by atoms with Crippen molar-refractivity contribution >= 4 is 27.6 Å². The number of unbranched alkanes of at least 4 members (excludes halogenated alkanes) is 2. The fourth-order valence-electron chi connectivity index (χ4n) is 4.93. The van der Waals surface area contributed by atoms with Crippen molar-refractivity contribution in [3.63, 3.8) is 0 Å². The number of sulfone groups is 1. The number of hydrogen-bond acceptors (Lipinski definition) is 9. The lowest BCUT2D eigenvalue weighted by atomic mass is 9.96. The molecule has 3 rings (SSSR count). The molecule has 0 aliphatic heterocycles. The molecule has 0 saturated carbocycles. The second kappa shape index (κ2) is 20.0. The molecule has 4 atom stereocenters. The fourth-order valence-corrected chi connectivity index (χ4v) is 6.57. The third-order valence-corrected chi connectivity index (χ3v) is 9.25. The van der Waals surface area contributed by atoms with E-state index in [-0.39, 0.29) is 42.9 Å². The Hall–Kier alpha value is -4.78. The van der Waals surface area contributed by atoms with Crippen LogP contribution in [0.5, 0.6) is 0 Å². The van der Waals surface area contributed by atoms with Gasteiger partial charge in [-0.15, -0.1) is 0 Å². The van der Waals surface area contributed by atoms with Crippen LogP contribution in [0.2, 0.25) is 0 Å². The Morgan fingerprint density at radius 2 is 1.70 bits per heavy atom. The number of amides is 3. The molecular formula is C35H41F2N5O7S. The first kappa shape index (κ1) is 39.7. The van der Waals surface area contributed by atoms with E-state index < -0.39 is 75.7 Å². The lowest BCUT2D eigenvalue weighted by Crippen LogP contribution is -2.59. The molecule has 0 radical (unpaired) electrons. The SMILES string of the molecule is CCCCS(=O)(=O)CC(NC(=O)c1cccnc1)C(=O)NC(Cc1cc(F)cc(F)c1)C(O)C(OCCCC#N)C(=O)NCc1ccccc1.